The summed E-state index contributed by atoms with van der Waals surface area (Å²) in [5.41, 5.74) is 8.33. The van der Waals surface area contributed by atoms with Crippen LogP contribution in [0.5, 0.6) is 0 Å². The third kappa shape index (κ3) is 3.14. The second kappa shape index (κ2) is 5.43. The summed E-state index contributed by atoms with van der Waals surface area (Å²) in [6.07, 6.45) is 0.771. The smallest absolute Gasteiger partial charge is 0.0433 e. The van der Waals surface area contributed by atoms with Gasteiger partial charge in [0.1, 0.15) is 0 Å². The third-order valence-corrected chi connectivity index (χ3v) is 3.92. The molecular formula is C15H15BrClN. The van der Waals surface area contributed by atoms with E-state index < -0.39 is 5.54 Å². The summed E-state index contributed by atoms with van der Waals surface area (Å²) in [4.78, 5) is 0. The van der Waals surface area contributed by atoms with Crippen LogP contribution < -0.4 is 5.73 Å². The van der Waals surface area contributed by atoms with Crippen molar-refractivity contribution in [3.63, 3.8) is 0 Å². The molecule has 0 fully saturated rings. The van der Waals surface area contributed by atoms with Crippen LogP contribution in [0.15, 0.2) is 53.0 Å². The lowest BCUT2D eigenvalue weighted by Gasteiger charge is -2.26. The van der Waals surface area contributed by atoms with Gasteiger partial charge in [-0.1, -0.05) is 57.9 Å². The molecule has 2 N–H and O–H groups in total. The first-order valence-corrected chi connectivity index (χ1v) is 6.94. The quantitative estimate of drug-likeness (QED) is 0.882. The van der Waals surface area contributed by atoms with Crippen molar-refractivity contribution in [2.45, 2.75) is 18.9 Å². The van der Waals surface area contributed by atoms with Crippen LogP contribution in [0.2, 0.25) is 5.02 Å². The van der Waals surface area contributed by atoms with E-state index in [9.17, 15) is 0 Å². The molecule has 0 bridgehead atoms. The van der Waals surface area contributed by atoms with Gasteiger partial charge in [0.05, 0.1) is 0 Å². The highest BCUT2D eigenvalue weighted by Gasteiger charge is 2.23. The Labute approximate surface area is 121 Å². The average molecular weight is 325 g/mol. The zero-order chi connectivity index (χ0) is 13.2. The van der Waals surface area contributed by atoms with Gasteiger partial charge in [0, 0.05) is 15.0 Å². The molecule has 1 nitrogen and oxygen atoms in total. The number of hydrogen-bond acceptors (Lipinski definition) is 1. The Morgan fingerprint density at radius 1 is 1.11 bits per heavy atom. The molecule has 0 saturated carbocycles. The van der Waals surface area contributed by atoms with E-state index >= 15 is 0 Å². The zero-order valence-corrected chi connectivity index (χ0v) is 12.5. The van der Waals surface area contributed by atoms with Crippen molar-refractivity contribution in [1.29, 1.82) is 0 Å². The lowest BCUT2D eigenvalue weighted by atomic mass is 9.87. The Hall–Kier alpha value is -0.830. The van der Waals surface area contributed by atoms with Gasteiger partial charge in [0.2, 0.25) is 0 Å². The zero-order valence-electron chi connectivity index (χ0n) is 10.2. The molecule has 0 heterocycles. The molecule has 1 atom stereocenters. The van der Waals surface area contributed by atoms with Crippen LogP contribution in [0.3, 0.4) is 0 Å². The van der Waals surface area contributed by atoms with Gasteiger partial charge in [-0.25, -0.2) is 0 Å². The van der Waals surface area contributed by atoms with E-state index in [1.165, 1.54) is 5.56 Å². The van der Waals surface area contributed by atoms with Crippen LogP contribution in [-0.2, 0) is 12.0 Å². The highest BCUT2D eigenvalue weighted by atomic mass is 79.9. The van der Waals surface area contributed by atoms with E-state index in [2.05, 4.69) is 22.0 Å². The summed E-state index contributed by atoms with van der Waals surface area (Å²) in [6, 6.07) is 15.9. The Morgan fingerprint density at radius 3 is 2.33 bits per heavy atom. The van der Waals surface area contributed by atoms with Gasteiger partial charge in [0.15, 0.2) is 0 Å². The standard InChI is InChI=1S/C15H15BrClN/c1-15(18,13-4-2-3-5-14(13)16)10-11-6-8-12(17)9-7-11/h2-9H,10,18H2,1H3. The van der Waals surface area contributed by atoms with Gasteiger partial charge in [-0.3, -0.25) is 0 Å². The first-order chi connectivity index (χ1) is 8.49. The van der Waals surface area contributed by atoms with Gasteiger partial charge in [-0.2, -0.15) is 0 Å². The first-order valence-electron chi connectivity index (χ1n) is 5.77. The Bertz CT molecular complexity index is 534. The van der Waals surface area contributed by atoms with Gasteiger partial charge in [-0.05, 0) is 42.7 Å². The maximum atomic E-state index is 6.45. The molecule has 2 aromatic rings. The molecule has 0 aliphatic rings. The van der Waals surface area contributed by atoms with Crippen LogP contribution in [0.4, 0.5) is 0 Å². The van der Waals surface area contributed by atoms with Crippen molar-refractivity contribution in [3.8, 4) is 0 Å². The summed E-state index contributed by atoms with van der Waals surface area (Å²) in [6.45, 7) is 2.04. The van der Waals surface area contributed by atoms with Crippen molar-refractivity contribution in [3.05, 3.63) is 69.2 Å². The van der Waals surface area contributed by atoms with Crippen molar-refractivity contribution < 1.29 is 0 Å². The molecule has 94 valence electrons. The second-order valence-corrected chi connectivity index (χ2v) is 5.99. The summed E-state index contributed by atoms with van der Waals surface area (Å²) < 4.78 is 1.05. The number of nitrogens with two attached hydrogens (primary N) is 1. The number of halogens is 2. The molecule has 2 aromatic carbocycles. The van der Waals surface area contributed by atoms with Crippen LogP contribution in [0.25, 0.3) is 0 Å². The van der Waals surface area contributed by atoms with Gasteiger partial charge in [0.25, 0.3) is 0 Å². The Kier molecular flexibility index (Phi) is 4.10. The normalized spacial score (nSPS) is 14.2. The molecule has 0 spiro atoms. The van der Waals surface area contributed by atoms with E-state index in [0.717, 1.165) is 21.5 Å². The highest BCUT2D eigenvalue weighted by molar-refractivity contribution is 9.10. The molecule has 0 aliphatic heterocycles. The minimum absolute atomic E-state index is 0.409. The van der Waals surface area contributed by atoms with E-state index in [1.807, 2.05) is 49.4 Å². The maximum absolute atomic E-state index is 6.45. The van der Waals surface area contributed by atoms with Crippen LogP contribution >= 0.6 is 27.5 Å². The van der Waals surface area contributed by atoms with Gasteiger partial charge in [-0.15, -0.1) is 0 Å². The van der Waals surface area contributed by atoms with Crippen molar-refractivity contribution in [2.75, 3.05) is 0 Å². The fourth-order valence-corrected chi connectivity index (χ4v) is 2.91. The fraction of sp³-hybridized carbons (Fsp3) is 0.200. The molecule has 3 heteroatoms. The maximum Gasteiger partial charge on any atom is 0.0433 e. The predicted octanol–water partition coefficient (Wildman–Crippen LogP) is 4.52. The van der Waals surface area contributed by atoms with Crippen molar-refractivity contribution in [1.82, 2.24) is 0 Å². The fourth-order valence-electron chi connectivity index (χ4n) is 2.05. The first kappa shape index (κ1) is 13.6. The Balaban J connectivity index is 2.27. The summed E-state index contributed by atoms with van der Waals surface area (Å²) >= 11 is 9.44. The van der Waals surface area contributed by atoms with Crippen LogP contribution in [-0.4, -0.2) is 0 Å². The lowest BCUT2D eigenvalue weighted by Crippen LogP contribution is -2.35. The van der Waals surface area contributed by atoms with E-state index in [4.69, 9.17) is 17.3 Å². The largest absolute Gasteiger partial charge is 0.321 e. The summed E-state index contributed by atoms with van der Waals surface area (Å²) in [5.74, 6) is 0. The number of hydrogen-bond donors (Lipinski definition) is 1. The van der Waals surface area contributed by atoms with Crippen LogP contribution in [0.1, 0.15) is 18.1 Å². The molecule has 2 rings (SSSR count). The van der Waals surface area contributed by atoms with E-state index in [-0.39, 0.29) is 0 Å². The monoisotopic (exact) mass is 323 g/mol. The SMILES string of the molecule is CC(N)(Cc1ccc(Cl)cc1)c1ccccc1Br. The minimum atomic E-state index is -0.409. The molecule has 0 saturated heterocycles. The van der Waals surface area contributed by atoms with E-state index in [0.29, 0.717) is 0 Å². The third-order valence-electron chi connectivity index (χ3n) is 2.97. The second-order valence-electron chi connectivity index (χ2n) is 4.70. The van der Waals surface area contributed by atoms with Crippen molar-refractivity contribution >= 4 is 27.5 Å². The van der Waals surface area contributed by atoms with Crippen LogP contribution in [0, 0.1) is 0 Å². The number of rotatable bonds is 3. The molecule has 1 unspecified atom stereocenters. The highest BCUT2D eigenvalue weighted by Crippen LogP contribution is 2.29. The minimum Gasteiger partial charge on any atom is -0.321 e. The molecule has 18 heavy (non-hydrogen) atoms. The predicted molar refractivity (Wildman–Crippen MR) is 80.8 cm³/mol. The Morgan fingerprint density at radius 2 is 1.72 bits per heavy atom. The molecule has 0 aliphatic carbocycles. The summed E-state index contributed by atoms with van der Waals surface area (Å²) in [5, 5.41) is 0.748. The summed E-state index contributed by atoms with van der Waals surface area (Å²) in [7, 11) is 0. The van der Waals surface area contributed by atoms with E-state index in [1.54, 1.807) is 0 Å². The topological polar surface area (TPSA) is 26.0 Å². The molecular weight excluding hydrogens is 310 g/mol. The van der Waals surface area contributed by atoms with Crippen molar-refractivity contribution in [2.24, 2.45) is 5.73 Å². The number of benzene rings is 2. The van der Waals surface area contributed by atoms with Gasteiger partial charge >= 0.3 is 0 Å². The molecule has 0 aromatic heterocycles. The average Bonchev–Trinajstić information content (AvgIpc) is 2.32. The van der Waals surface area contributed by atoms with Gasteiger partial charge < -0.3 is 5.73 Å². The lowest BCUT2D eigenvalue weighted by molar-refractivity contribution is 0.489. The molecule has 0 radical (unpaired) electrons. The molecule has 0 amide bonds.